The Bertz CT molecular complexity index is 821. The number of hydrogen-bond donors (Lipinski definition) is 3. The molecule has 4 N–H and O–H groups in total. The smallest absolute Gasteiger partial charge is 0.475 e. The molecule has 144 valence electrons. The summed E-state index contributed by atoms with van der Waals surface area (Å²) >= 11 is 0. The summed E-state index contributed by atoms with van der Waals surface area (Å²) < 4.78 is 58.3. The fraction of sp³-hybridized carbons (Fsp3) is 0.200. The molecule has 0 aliphatic rings. The molecule has 2 rings (SSSR count). The van der Waals surface area contributed by atoms with E-state index < -0.39 is 29.8 Å². The van der Waals surface area contributed by atoms with Crippen molar-refractivity contribution in [3.63, 3.8) is 0 Å². The topological polar surface area (TPSA) is 125 Å². The zero-order valence-electron chi connectivity index (χ0n) is 13.3. The normalized spacial score (nSPS) is 11.6. The van der Waals surface area contributed by atoms with Gasteiger partial charge in [-0.25, -0.2) is 23.5 Å². The third-order valence-corrected chi connectivity index (χ3v) is 2.90. The lowest BCUT2D eigenvalue weighted by Gasteiger charge is -2.17. The van der Waals surface area contributed by atoms with Gasteiger partial charge in [0, 0.05) is 18.2 Å². The summed E-state index contributed by atoms with van der Waals surface area (Å²) in [5.41, 5.74) is 6.12. The van der Waals surface area contributed by atoms with E-state index in [9.17, 15) is 22.0 Å². The number of benzene rings is 1. The first-order valence-electron chi connectivity index (χ1n) is 7.02. The number of nitrogens with two attached hydrogens (primary N) is 1. The SMILES string of the molecule is N#Cc1cnc(NC(CN)c2ccc(F)cc2F)nc1.O=C(O)C(F)(F)F. The number of nitrogens with one attached hydrogen (secondary N) is 1. The second-order valence-electron chi connectivity index (χ2n) is 4.81. The number of carboxylic acid groups (broad SMARTS) is 1. The number of carbonyl (C=O) groups is 1. The van der Waals surface area contributed by atoms with Crippen LogP contribution in [0.5, 0.6) is 0 Å². The largest absolute Gasteiger partial charge is 0.490 e. The number of alkyl halides is 3. The average molecular weight is 389 g/mol. The Morgan fingerprint density at radius 2 is 1.85 bits per heavy atom. The first kappa shape index (κ1) is 21.7. The molecule has 0 spiro atoms. The molecule has 2 aromatic rings. The van der Waals surface area contributed by atoms with E-state index in [1.807, 2.05) is 6.07 Å². The van der Waals surface area contributed by atoms with Crippen molar-refractivity contribution >= 4 is 11.9 Å². The van der Waals surface area contributed by atoms with Crippen molar-refractivity contribution in [3.8, 4) is 6.07 Å². The van der Waals surface area contributed by atoms with Crippen LogP contribution in [-0.2, 0) is 4.79 Å². The lowest BCUT2D eigenvalue weighted by molar-refractivity contribution is -0.192. The van der Waals surface area contributed by atoms with Gasteiger partial charge in [0.05, 0.1) is 24.0 Å². The number of nitriles is 1. The van der Waals surface area contributed by atoms with Crippen molar-refractivity contribution in [2.75, 3.05) is 11.9 Å². The molecule has 0 amide bonds. The van der Waals surface area contributed by atoms with Crippen molar-refractivity contribution in [3.05, 3.63) is 53.4 Å². The number of aromatic nitrogens is 2. The molecule has 0 aliphatic carbocycles. The van der Waals surface area contributed by atoms with Crippen LogP contribution >= 0.6 is 0 Å². The summed E-state index contributed by atoms with van der Waals surface area (Å²) in [6.07, 6.45) is -2.41. The van der Waals surface area contributed by atoms with Crippen LogP contribution in [0.1, 0.15) is 17.2 Å². The molecule has 1 atom stereocenters. The van der Waals surface area contributed by atoms with E-state index in [0.29, 0.717) is 5.56 Å². The molecule has 1 unspecified atom stereocenters. The summed E-state index contributed by atoms with van der Waals surface area (Å²) in [7, 11) is 0. The molecular weight excluding hydrogens is 377 g/mol. The average Bonchev–Trinajstić information content (AvgIpc) is 2.60. The highest BCUT2D eigenvalue weighted by atomic mass is 19.4. The fourth-order valence-electron chi connectivity index (χ4n) is 1.66. The molecule has 0 aliphatic heterocycles. The minimum absolute atomic E-state index is 0.0753. The van der Waals surface area contributed by atoms with Crippen molar-refractivity contribution in [1.82, 2.24) is 9.97 Å². The number of nitrogens with zero attached hydrogens (tertiary/aromatic N) is 3. The monoisotopic (exact) mass is 389 g/mol. The van der Waals surface area contributed by atoms with Crippen LogP contribution in [0.15, 0.2) is 30.6 Å². The summed E-state index contributed by atoms with van der Waals surface area (Å²) in [5.74, 6) is -3.89. The number of hydrogen-bond acceptors (Lipinski definition) is 6. The maximum atomic E-state index is 13.7. The van der Waals surface area contributed by atoms with Crippen molar-refractivity contribution in [1.29, 1.82) is 5.26 Å². The molecule has 0 bridgehead atoms. The van der Waals surface area contributed by atoms with Crippen LogP contribution in [0.3, 0.4) is 0 Å². The van der Waals surface area contributed by atoms with E-state index in [1.165, 1.54) is 18.5 Å². The van der Waals surface area contributed by atoms with E-state index >= 15 is 0 Å². The Balaban J connectivity index is 0.000000445. The van der Waals surface area contributed by atoms with Gasteiger partial charge in [0.1, 0.15) is 17.7 Å². The van der Waals surface area contributed by atoms with Crippen LogP contribution in [0.4, 0.5) is 27.9 Å². The van der Waals surface area contributed by atoms with E-state index in [0.717, 1.165) is 12.1 Å². The maximum Gasteiger partial charge on any atom is 0.490 e. The minimum atomic E-state index is -5.08. The van der Waals surface area contributed by atoms with E-state index in [1.54, 1.807) is 0 Å². The molecular formula is C15H12F5N5O2. The van der Waals surface area contributed by atoms with Gasteiger partial charge in [0.2, 0.25) is 5.95 Å². The number of carboxylic acids is 1. The first-order valence-corrected chi connectivity index (χ1v) is 7.02. The van der Waals surface area contributed by atoms with E-state index in [2.05, 4.69) is 15.3 Å². The zero-order chi connectivity index (χ0) is 20.6. The van der Waals surface area contributed by atoms with Gasteiger partial charge in [-0.05, 0) is 6.07 Å². The molecule has 1 aromatic heterocycles. The third-order valence-electron chi connectivity index (χ3n) is 2.90. The molecule has 7 nitrogen and oxygen atoms in total. The number of anilines is 1. The molecule has 0 radical (unpaired) electrons. The highest BCUT2D eigenvalue weighted by molar-refractivity contribution is 5.73. The second kappa shape index (κ2) is 9.39. The van der Waals surface area contributed by atoms with E-state index in [4.69, 9.17) is 20.9 Å². The Labute approximate surface area is 149 Å². The quantitative estimate of drug-likeness (QED) is 0.686. The zero-order valence-corrected chi connectivity index (χ0v) is 13.3. The first-order chi connectivity index (χ1) is 12.6. The molecule has 1 aromatic carbocycles. The second-order valence-corrected chi connectivity index (χ2v) is 4.81. The minimum Gasteiger partial charge on any atom is -0.475 e. The Morgan fingerprint density at radius 1 is 1.30 bits per heavy atom. The molecule has 0 saturated heterocycles. The molecule has 1 heterocycles. The molecule has 0 fully saturated rings. The summed E-state index contributed by atoms with van der Waals surface area (Å²) in [5, 5.41) is 18.6. The Morgan fingerprint density at radius 3 is 2.26 bits per heavy atom. The van der Waals surface area contributed by atoms with Gasteiger partial charge in [-0.15, -0.1) is 0 Å². The van der Waals surface area contributed by atoms with Crippen LogP contribution in [0.2, 0.25) is 0 Å². The van der Waals surface area contributed by atoms with Crippen molar-refractivity contribution in [2.45, 2.75) is 12.2 Å². The number of rotatable bonds is 4. The maximum absolute atomic E-state index is 13.7. The van der Waals surface area contributed by atoms with Crippen LogP contribution in [-0.4, -0.2) is 33.8 Å². The van der Waals surface area contributed by atoms with Gasteiger partial charge in [0.25, 0.3) is 0 Å². The van der Waals surface area contributed by atoms with Gasteiger partial charge < -0.3 is 16.2 Å². The van der Waals surface area contributed by atoms with Crippen LogP contribution in [0.25, 0.3) is 0 Å². The highest BCUT2D eigenvalue weighted by Crippen LogP contribution is 2.20. The van der Waals surface area contributed by atoms with Gasteiger partial charge in [0.15, 0.2) is 0 Å². The molecule has 12 heteroatoms. The number of halogens is 5. The Kier molecular flexibility index (Phi) is 7.55. The van der Waals surface area contributed by atoms with Gasteiger partial charge >= 0.3 is 12.1 Å². The van der Waals surface area contributed by atoms with Gasteiger partial charge in [-0.2, -0.15) is 18.4 Å². The number of aliphatic carboxylic acids is 1. The standard InChI is InChI=1S/C13H11F2N5.C2HF3O2/c14-9-1-2-10(11(15)3-9)12(5-17)20-13-18-6-8(4-16)7-19-13;3-2(4,5)1(6)7/h1-3,6-7,12H,5,17H2,(H,18,19,20);(H,6,7). The third kappa shape index (κ3) is 6.83. The summed E-state index contributed by atoms with van der Waals surface area (Å²) in [6, 6.07) is 4.56. The fourth-order valence-corrected chi connectivity index (χ4v) is 1.66. The van der Waals surface area contributed by atoms with Crippen LogP contribution < -0.4 is 11.1 Å². The van der Waals surface area contributed by atoms with Gasteiger partial charge in [-0.1, -0.05) is 6.07 Å². The highest BCUT2D eigenvalue weighted by Gasteiger charge is 2.38. The predicted octanol–water partition coefficient (Wildman–Crippen LogP) is 2.37. The van der Waals surface area contributed by atoms with Crippen molar-refractivity contribution < 1.29 is 31.9 Å². The lowest BCUT2D eigenvalue weighted by atomic mass is 10.1. The van der Waals surface area contributed by atoms with Gasteiger partial charge in [-0.3, -0.25) is 0 Å². The summed E-state index contributed by atoms with van der Waals surface area (Å²) in [6.45, 7) is 0.0753. The lowest BCUT2D eigenvalue weighted by Crippen LogP contribution is -2.22. The van der Waals surface area contributed by atoms with Crippen molar-refractivity contribution in [2.24, 2.45) is 5.73 Å². The molecule has 27 heavy (non-hydrogen) atoms. The predicted molar refractivity (Wildman–Crippen MR) is 82.2 cm³/mol. The van der Waals surface area contributed by atoms with Crippen LogP contribution in [0, 0.1) is 23.0 Å². The Hall–Kier alpha value is -3.33. The summed E-state index contributed by atoms with van der Waals surface area (Å²) in [4.78, 5) is 16.7. The van der Waals surface area contributed by atoms with E-state index in [-0.39, 0.29) is 18.1 Å². The molecule has 0 saturated carbocycles.